The summed E-state index contributed by atoms with van der Waals surface area (Å²) in [6.45, 7) is 5.10. The van der Waals surface area contributed by atoms with E-state index in [-0.39, 0.29) is 5.69 Å². The van der Waals surface area contributed by atoms with Crippen molar-refractivity contribution in [2.24, 2.45) is 0 Å². The largest absolute Gasteiger partial charge is 0.476 e. The van der Waals surface area contributed by atoms with Gasteiger partial charge in [-0.25, -0.2) is 4.79 Å². The van der Waals surface area contributed by atoms with Gasteiger partial charge in [-0.05, 0) is 36.2 Å². The van der Waals surface area contributed by atoms with Crippen molar-refractivity contribution < 1.29 is 9.90 Å². The highest BCUT2D eigenvalue weighted by molar-refractivity contribution is 5.91. The minimum atomic E-state index is -1.06. The average Bonchev–Trinajstić information content (AvgIpc) is 3.20. The maximum absolute atomic E-state index is 11.7. The normalized spacial score (nSPS) is 14.3. The molecular formula is C21H23N5O2. The second-order valence-electron chi connectivity index (χ2n) is 6.80. The van der Waals surface area contributed by atoms with Gasteiger partial charge >= 0.3 is 5.97 Å². The molecule has 3 aromatic rings. The summed E-state index contributed by atoms with van der Waals surface area (Å²) in [6.07, 6.45) is 0.949. The van der Waals surface area contributed by atoms with E-state index in [2.05, 4.69) is 34.2 Å². The molecule has 1 aliphatic rings. The molecule has 1 N–H and O–H groups in total. The summed E-state index contributed by atoms with van der Waals surface area (Å²) < 4.78 is 0. The van der Waals surface area contributed by atoms with Crippen molar-refractivity contribution in [3.63, 3.8) is 0 Å². The Bertz CT molecular complexity index is 945. The van der Waals surface area contributed by atoms with E-state index in [1.54, 1.807) is 0 Å². The molecule has 1 fully saturated rings. The van der Waals surface area contributed by atoms with Crippen molar-refractivity contribution >= 4 is 17.5 Å². The van der Waals surface area contributed by atoms with Gasteiger partial charge in [-0.2, -0.15) is 0 Å². The molecule has 0 saturated carbocycles. The molecule has 2 aromatic carbocycles. The molecular weight excluding hydrogens is 354 g/mol. The minimum absolute atomic E-state index is 0.00673. The van der Waals surface area contributed by atoms with Gasteiger partial charge in [0.15, 0.2) is 5.82 Å². The fourth-order valence-electron chi connectivity index (χ4n) is 3.45. The molecule has 1 saturated heterocycles. The maximum Gasteiger partial charge on any atom is 0.360 e. The zero-order valence-electron chi connectivity index (χ0n) is 15.8. The third-order valence-corrected chi connectivity index (χ3v) is 5.07. The molecule has 0 spiro atoms. The van der Waals surface area contributed by atoms with Crippen LogP contribution in [0.5, 0.6) is 0 Å². The Hall–Kier alpha value is -3.35. The van der Waals surface area contributed by atoms with E-state index in [0.717, 1.165) is 25.2 Å². The number of rotatable bonds is 5. The van der Waals surface area contributed by atoms with Crippen molar-refractivity contribution in [3.8, 4) is 5.69 Å². The highest BCUT2D eigenvalue weighted by Gasteiger charge is 2.26. The summed E-state index contributed by atoms with van der Waals surface area (Å²) in [6, 6.07) is 18.1. The monoisotopic (exact) mass is 377 g/mol. The third kappa shape index (κ3) is 3.55. The lowest BCUT2D eigenvalue weighted by Crippen LogP contribution is -2.47. The molecule has 144 valence electrons. The van der Waals surface area contributed by atoms with Crippen molar-refractivity contribution in [1.82, 2.24) is 15.0 Å². The molecule has 0 amide bonds. The zero-order chi connectivity index (χ0) is 19.5. The lowest BCUT2D eigenvalue weighted by molar-refractivity contribution is 0.0690. The van der Waals surface area contributed by atoms with Crippen LogP contribution in [0, 0.1) is 0 Å². The zero-order valence-corrected chi connectivity index (χ0v) is 15.8. The summed E-state index contributed by atoms with van der Waals surface area (Å²) in [4.78, 5) is 17.5. The molecule has 28 heavy (non-hydrogen) atoms. The number of para-hydroxylation sites is 1. The second kappa shape index (κ2) is 7.72. The first kappa shape index (κ1) is 18.0. The van der Waals surface area contributed by atoms with Gasteiger partial charge in [-0.1, -0.05) is 37.3 Å². The molecule has 2 heterocycles. The molecule has 7 nitrogen and oxygen atoms in total. The van der Waals surface area contributed by atoms with Crippen LogP contribution in [0.1, 0.15) is 23.0 Å². The molecule has 1 aliphatic heterocycles. The first-order valence-corrected chi connectivity index (χ1v) is 9.50. The number of benzene rings is 2. The number of carboxylic acid groups (broad SMARTS) is 1. The van der Waals surface area contributed by atoms with Crippen LogP contribution in [-0.2, 0) is 6.42 Å². The number of nitrogens with zero attached hydrogens (tertiary/aromatic N) is 5. The van der Waals surface area contributed by atoms with Crippen molar-refractivity contribution in [1.29, 1.82) is 0 Å². The number of aryl methyl sites for hydroxylation is 1. The van der Waals surface area contributed by atoms with Crippen molar-refractivity contribution in [2.45, 2.75) is 13.3 Å². The van der Waals surface area contributed by atoms with E-state index in [9.17, 15) is 9.90 Å². The Morgan fingerprint density at radius 1 is 0.893 bits per heavy atom. The number of hydrogen-bond acceptors (Lipinski definition) is 5. The molecule has 1 aromatic heterocycles. The third-order valence-electron chi connectivity index (χ3n) is 5.07. The SMILES string of the molecule is CCc1ccc(-n2nc(C(=O)O)c(N3CCN(c4ccccc4)CC3)n2)cc1. The molecule has 0 bridgehead atoms. The number of anilines is 2. The lowest BCUT2D eigenvalue weighted by Gasteiger charge is -2.36. The Labute approximate surface area is 163 Å². The fourth-order valence-corrected chi connectivity index (χ4v) is 3.45. The smallest absolute Gasteiger partial charge is 0.360 e. The minimum Gasteiger partial charge on any atom is -0.476 e. The van der Waals surface area contributed by atoms with Crippen LogP contribution < -0.4 is 9.80 Å². The van der Waals surface area contributed by atoms with Crippen LogP contribution in [0.4, 0.5) is 11.5 Å². The predicted molar refractivity (Wildman–Crippen MR) is 109 cm³/mol. The van der Waals surface area contributed by atoms with Gasteiger partial charge in [0.05, 0.1) is 5.69 Å². The summed E-state index contributed by atoms with van der Waals surface area (Å²) in [5.41, 5.74) is 3.15. The maximum atomic E-state index is 11.7. The number of aromatic carboxylic acids is 1. The predicted octanol–water partition coefficient (Wildman–Crippen LogP) is 2.85. The van der Waals surface area contributed by atoms with Gasteiger partial charge in [0.1, 0.15) is 0 Å². The quantitative estimate of drug-likeness (QED) is 0.737. The molecule has 7 heteroatoms. The van der Waals surface area contributed by atoms with Gasteiger partial charge in [0.25, 0.3) is 0 Å². The summed E-state index contributed by atoms with van der Waals surface area (Å²) >= 11 is 0. The highest BCUT2D eigenvalue weighted by Crippen LogP contribution is 2.22. The summed E-state index contributed by atoms with van der Waals surface area (Å²) in [5, 5.41) is 18.4. The van der Waals surface area contributed by atoms with Gasteiger partial charge < -0.3 is 14.9 Å². The Morgan fingerprint density at radius 2 is 1.54 bits per heavy atom. The van der Waals surface area contributed by atoms with Crippen molar-refractivity contribution in [3.05, 3.63) is 65.9 Å². The van der Waals surface area contributed by atoms with E-state index in [1.807, 2.05) is 47.4 Å². The average molecular weight is 377 g/mol. The van der Waals surface area contributed by atoms with E-state index >= 15 is 0 Å². The number of aromatic nitrogens is 3. The first-order chi connectivity index (χ1) is 13.7. The van der Waals surface area contributed by atoms with E-state index in [1.165, 1.54) is 16.0 Å². The van der Waals surface area contributed by atoms with Crippen LogP contribution in [-0.4, -0.2) is 52.2 Å². The number of piperazine rings is 1. The van der Waals surface area contributed by atoms with Crippen LogP contribution in [0.15, 0.2) is 54.6 Å². The Kier molecular flexibility index (Phi) is 4.97. The highest BCUT2D eigenvalue weighted by atomic mass is 16.4. The van der Waals surface area contributed by atoms with Crippen LogP contribution in [0.3, 0.4) is 0 Å². The second-order valence-corrected chi connectivity index (χ2v) is 6.80. The number of carbonyl (C=O) groups is 1. The molecule has 4 rings (SSSR count). The molecule has 0 radical (unpaired) electrons. The van der Waals surface area contributed by atoms with E-state index in [0.29, 0.717) is 18.9 Å². The summed E-state index contributed by atoms with van der Waals surface area (Å²) in [5.74, 6) is -0.628. The standard InChI is InChI=1S/C21H23N5O2/c1-2-16-8-10-18(11-9-16)26-22-19(21(27)28)20(23-26)25-14-12-24(13-15-25)17-6-4-3-5-7-17/h3-11H,2,12-15H2,1H3,(H,27,28). The Balaban J connectivity index is 1.55. The van der Waals surface area contributed by atoms with Gasteiger partial charge in [-0.3, -0.25) is 0 Å². The van der Waals surface area contributed by atoms with Crippen LogP contribution in [0.2, 0.25) is 0 Å². The fraction of sp³-hybridized carbons (Fsp3) is 0.286. The number of carboxylic acids is 1. The molecule has 0 unspecified atom stereocenters. The van der Waals surface area contributed by atoms with Gasteiger partial charge in [0, 0.05) is 31.9 Å². The molecule has 0 aliphatic carbocycles. The molecule has 0 atom stereocenters. The van der Waals surface area contributed by atoms with Crippen LogP contribution in [0.25, 0.3) is 5.69 Å². The first-order valence-electron chi connectivity index (χ1n) is 9.50. The van der Waals surface area contributed by atoms with Crippen molar-refractivity contribution in [2.75, 3.05) is 36.0 Å². The van der Waals surface area contributed by atoms with Gasteiger partial charge in [-0.15, -0.1) is 15.0 Å². The van der Waals surface area contributed by atoms with E-state index in [4.69, 9.17) is 0 Å². The van der Waals surface area contributed by atoms with Gasteiger partial charge in [0.2, 0.25) is 5.69 Å². The van der Waals surface area contributed by atoms with Crippen LogP contribution >= 0.6 is 0 Å². The van der Waals surface area contributed by atoms with E-state index < -0.39 is 5.97 Å². The Morgan fingerprint density at radius 3 is 2.14 bits per heavy atom. The lowest BCUT2D eigenvalue weighted by atomic mass is 10.2. The summed E-state index contributed by atoms with van der Waals surface area (Å²) in [7, 11) is 0. The number of hydrogen-bond donors (Lipinski definition) is 1. The topological polar surface area (TPSA) is 74.5 Å².